The fourth-order valence-electron chi connectivity index (χ4n) is 2.16. The number of alkyl halides is 3. The van der Waals surface area contributed by atoms with Gasteiger partial charge in [-0.25, -0.2) is 4.98 Å². The van der Waals surface area contributed by atoms with Crippen molar-refractivity contribution in [1.82, 2.24) is 9.97 Å². The lowest BCUT2D eigenvalue weighted by molar-refractivity contribution is -0.141. The molecule has 0 saturated heterocycles. The van der Waals surface area contributed by atoms with Crippen LogP contribution in [0.15, 0.2) is 30.3 Å². The number of nitrogens with zero attached hydrogens (tertiary/aromatic N) is 2. The molecule has 2 rings (SSSR count). The second-order valence-corrected chi connectivity index (χ2v) is 6.08. The van der Waals surface area contributed by atoms with Crippen LogP contribution in [0.25, 0.3) is 0 Å². The molecule has 2 aromatic rings. The molecule has 0 spiro atoms. The summed E-state index contributed by atoms with van der Waals surface area (Å²) >= 11 is 0. The van der Waals surface area contributed by atoms with Crippen LogP contribution < -0.4 is 10.6 Å². The first-order valence-corrected chi connectivity index (χ1v) is 7.87. The molecular formula is C17H21F3N4O. The van der Waals surface area contributed by atoms with Crippen LogP contribution in [0.1, 0.15) is 25.1 Å². The predicted molar refractivity (Wildman–Crippen MR) is 90.8 cm³/mol. The van der Waals surface area contributed by atoms with E-state index in [1.807, 2.05) is 32.9 Å². The third-order valence-electron chi connectivity index (χ3n) is 3.74. The molecule has 0 fully saturated rings. The number of benzene rings is 1. The van der Waals surface area contributed by atoms with Crippen molar-refractivity contribution in [2.75, 3.05) is 17.2 Å². The molecule has 0 aliphatic rings. The van der Waals surface area contributed by atoms with Crippen molar-refractivity contribution < 1.29 is 18.3 Å². The van der Waals surface area contributed by atoms with Gasteiger partial charge in [-0.05, 0) is 24.5 Å². The highest BCUT2D eigenvalue weighted by Crippen LogP contribution is 2.31. The number of hydrogen-bond acceptors (Lipinski definition) is 5. The number of nitrogens with one attached hydrogen (secondary N) is 2. The summed E-state index contributed by atoms with van der Waals surface area (Å²) in [6, 6.07) is 7.62. The standard InChI is InChI=1S/C17H21F3N4O/c1-10(2)13(9-25)22-16-23-14(17(18,19)20)8-15(24-16)21-12-7-5-4-6-11(12)3/h4-8,10,13,25H,9H2,1-3H3,(H2,21,22,23,24)/t13-/m0/s1. The molecule has 8 heteroatoms. The van der Waals surface area contributed by atoms with Gasteiger partial charge in [0.2, 0.25) is 5.95 Å². The van der Waals surface area contributed by atoms with Gasteiger partial charge in [-0.1, -0.05) is 32.0 Å². The summed E-state index contributed by atoms with van der Waals surface area (Å²) < 4.78 is 39.4. The molecule has 5 nitrogen and oxygen atoms in total. The van der Waals surface area contributed by atoms with Gasteiger partial charge in [-0.3, -0.25) is 0 Å². The number of aromatic nitrogens is 2. The fourth-order valence-corrected chi connectivity index (χ4v) is 2.16. The second-order valence-electron chi connectivity index (χ2n) is 6.08. The molecule has 0 aliphatic carbocycles. The van der Waals surface area contributed by atoms with Crippen molar-refractivity contribution >= 4 is 17.5 Å². The summed E-state index contributed by atoms with van der Waals surface area (Å²) in [6.45, 7) is 5.29. The minimum atomic E-state index is -4.60. The third kappa shape index (κ3) is 5.06. The van der Waals surface area contributed by atoms with Crippen molar-refractivity contribution in [3.63, 3.8) is 0 Å². The molecule has 136 valence electrons. The fraction of sp³-hybridized carbons (Fsp3) is 0.412. The number of hydrogen-bond donors (Lipinski definition) is 3. The largest absolute Gasteiger partial charge is 0.433 e. The van der Waals surface area contributed by atoms with Crippen LogP contribution in [0, 0.1) is 12.8 Å². The summed E-state index contributed by atoms with van der Waals surface area (Å²) in [5, 5.41) is 15.0. The van der Waals surface area contributed by atoms with Crippen molar-refractivity contribution in [3.05, 3.63) is 41.6 Å². The Morgan fingerprint density at radius 2 is 1.84 bits per heavy atom. The SMILES string of the molecule is Cc1ccccc1Nc1cc(C(F)(F)F)nc(N[C@@H](CO)C(C)C)n1. The van der Waals surface area contributed by atoms with Crippen molar-refractivity contribution in [3.8, 4) is 0 Å². The van der Waals surface area contributed by atoms with Gasteiger partial charge in [0.15, 0.2) is 5.69 Å². The minimum absolute atomic E-state index is 0.00378. The van der Waals surface area contributed by atoms with Crippen LogP contribution in [-0.4, -0.2) is 27.7 Å². The predicted octanol–water partition coefficient (Wildman–Crippen LogP) is 3.98. The van der Waals surface area contributed by atoms with Gasteiger partial charge in [0.05, 0.1) is 12.6 Å². The number of rotatable bonds is 6. The van der Waals surface area contributed by atoms with Crippen LogP contribution in [0.3, 0.4) is 0 Å². The number of aryl methyl sites for hydroxylation is 1. The van der Waals surface area contributed by atoms with E-state index in [0.717, 1.165) is 11.6 Å². The minimum Gasteiger partial charge on any atom is -0.394 e. The Bertz CT molecular complexity index is 719. The van der Waals surface area contributed by atoms with Gasteiger partial charge in [0.1, 0.15) is 5.82 Å². The van der Waals surface area contributed by atoms with E-state index < -0.39 is 17.9 Å². The molecule has 0 radical (unpaired) electrons. The number of anilines is 3. The zero-order valence-corrected chi connectivity index (χ0v) is 14.2. The smallest absolute Gasteiger partial charge is 0.394 e. The first-order valence-electron chi connectivity index (χ1n) is 7.87. The summed E-state index contributed by atoms with van der Waals surface area (Å²) in [6.07, 6.45) is -4.60. The molecule has 0 aliphatic heterocycles. The topological polar surface area (TPSA) is 70.1 Å². The van der Waals surface area contributed by atoms with Crippen LogP contribution >= 0.6 is 0 Å². The summed E-state index contributed by atoms with van der Waals surface area (Å²) in [7, 11) is 0. The highest BCUT2D eigenvalue weighted by atomic mass is 19.4. The zero-order valence-electron chi connectivity index (χ0n) is 14.2. The average Bonchev–Trinajstić information content (AvgIpc) is 2.53. The molecule has 0 unspecified atom stereocenters. The Balaban J connectivity index is 2.38. The Morgan fingerprint density at radius 3 is 2.40 bits per heavy atom. The summed E-state index contributed by atoms with van der Waals surface area (Å²) in [4.78, 5) is 7.65. The summed E-state index contributed by atoms with van der Waals surface area (Å²) in [5.41, 5.74) is 0.476. The first-order chi connectivity index (χ1) is 11.7. The van der Waals surface area contributed by atoms with Gasteiger partial charge in [0, 0.05) is 11.8 Å². The number of para-hydroxylation sites is 1. The molecule has 1 heterocycles. The normalized spacial score (nSPS) is 13.0. The molecule has 3 N–H and O–H groups in total. The van der Waals surface area contributed by atoms with E-state index in [1.165, 1.54) is 0 Å². The maximum absolute atomic E-state index is 13.1. The van der Waals surface area contributed by atoms with Gasteiger partial charge >= 0.3 is 6.18 Å². The van der Waals surface area contributed by atoms with E-state index in [-0.39, 0.29) is 24.3 Å². The van der Waals surface area contributed by atoms with Crippen molar-refractivity contribution in [2.45, 2.75) is 33.0 Å². The molecule has 1 aromatic carbocycles. The van der Waals surface area contributed by atoms with E-state index in [0.29, 0.717) is 5.69 Å². The van der Waals surface area contributed by atoms with Gasteiger partial charge in [-0.2, -0.15) is 18.2 Å². The number of aliphatic hydroxyl groups excluding tert-OH is 1. The highest BCUT2D eigenvalue weighted by Gasteiger charge is 2.34. The number of aliphatic hydroxyl groups is 1. The quantitative estimate of drug-likeness (QED) is 0.732. The van der Waals surface area contributed by atoms with Crippen LogP contribution in [0.2, 0.25) is 0 Å². The Kier molecular flexibility index (Phi) is 5.84. The van der Waals surface area contributed by atoms with E-state index in [4.69, 9.17) is 0 Å². The highest BCUT2D eigenvalue weighted by molar-refractivity contribution is 5.61. The summed E-state index contributed by atoms with van der Waals surface area (Å²) in [5.74, 6) is -0.158. The van der Waals surface area contributed by atoms with Crippen LogP contribution in [0.5, 0.6) is 0 Å². The molecule has 0 bridgehead atoms. The molecular weight excluding hydrogens is 333 g/mol. The lowest BCUT2D eigenvalue weighted by atomic mass is 10.1. The maximum atomic E-state index is 13.1. The zero-order chi connectivity index (χ0) is 18.6. The van der Waals surface area contributed by atoms with E-state index in [2.05, 4.69) is 20.6 Å². The molecule has 25 heavy (non-hydrogen) atoms. The first kappa shape index (κ1) is 19.0. The van der Waals surface area contributed by atoms with E-state index in [9.17, 15) is 18.3 Å². The van der Waals surface area contributed by atoms with Crippen LogP contribution in [0.4, 0.5) is 30.6 Å². The van der Waals surface area contributed by atoms with Crippen molar-refractivity contribution in [2.24, 2.45) is 5.92 Å². The number of halogens is 3. The monoisotopic (exact) mass is 354 g/mol. The molecule has 0 amide bonds. The van der Waals surface area contributed by atoms with E-state index in [1.54, 1.807) is 12.1 Å². The van der Waals surface area contributed by atoms with Gasteiger partial charge in [-0.15, -0.1) is 0 Å². The molecule has 1 aromatic heterocycles. The maximum Gasteiger partial charge on any atom is 0.433 e. The lowest BCUT2D eigenvalue weighted by Crippen LogP contribution is -2.30. The molecule has 1 atom stereocenters. The second kappa shape index (κ2) is 7.69. The lowest BCUT2D eigenvalue weighted by Gasteiger charge is -2.21. The Morgan fingerprint density at radius 1 is 1.16 bits per heavy atom. The van der Waals surface area contributed by atoms with Crippen LogP contribution in [-0.2, 0) is 6.18 Å². The Hall–Kier alpha value is -2.35. The van der Waals surface area contributed by atoms with Gasteiger partial charge < -0.3 is 15.7 Å². The van der Waals surface area contributed by atoms with Crippen molar-refractivity contribution in [1.29, 1.82) is 0 Å². The average molecular weight is 354 g/mol. The molecule has 0 saturated carbocycles. The third-order valence-corrected chi connectivity index (χ3v) is 3.74. The van der Waals surface area contributed by atoms with E-state index >= 15 is 0 Å². The Labute approximate surface area is 144 Å². The van der Waals surface area contributed by atoms with Gasteiger partial charge in [0.25, 0.3) is 0 Å².